The molecule has 0 unspecified atom stereocenters. The SMILES string of the molecule is O=C(O)COc1ccc(NC(=O)c2ccc(Cl)c(Cl)c2)cc1. The molecule has 0 fully saturated rings. The quantitative estimate of drug-likeness (QED) is 0.870. The Balaban J connectivity index is 2.02. The molecule has 1 amide bonds. The number of carboxylic acids is 1. The zero-order valence-corrected chi connectivity index (χ0v) is 12.7. The van der Waals surface area contributed by atoms with Crippen LogP contribution >= 0.6 is 23.2 Å². The lowest BCUT2D eigenvalue weighted by Crippen LogP contribution is -2.12. The van der Waals surface area contributed by atoms with Gasteiger partial charge in [-0.05, 0) is 42.5 Å². The molecule has 0 saturated carbocycles. The number of hydrogen-bond donors (Lipinski definition) is 2. The van der Waals surface area contributed by atoms with Crippen LogP contribution in [0.15, 0.2) is 42.5 Å². The number of amides is 1. The van der Waals surface area contributed by atoms with Gasteiger partial charge in [-0.25, -0.2) is 4.79 Å². The van der Waals surface area contributed by atoms with Gasteiger partial charge in [-0.3, -0.25) is 4.79 Å². The van der Waals surface area contributed by atoms with E-state index in [2.05, 4.69) is 5.32 Å². The molecule has 0 bridgehead atoms. The first-order valence-electron chi connectivity index (χ1n) is 6.17. The first-order valence-corrected chi connectivity index (χ1v) is 6.92. The molecule has 0 saturated heterocycles. The van der Waals surface area contributed by atoms with Gasteiger partial charge in [0.15, 0.2) is 6.61 Å². The molecular weight excluding hydrogens is 329 g/mol. The van der Waals surface area contributed by atoms with Gasteiger partial charge in [-0.15, -0.1) is 0 Å². The molecule has 0 radical (unpaired) electrons. The number of ether oxygens (including phenoxy) is 1. The van der Waals surface area contributed by atoms with Gasteiger partial charge in [0.1, 0.15) is 5.75 Å². The second kappa shape index (κ2) is 7.15. The van der Waals surface area contributed by atoms with Gasteiger partial charge in [0, 0.05) is 11.3 Å². The van der Waals surface area contributed by atoms with Gasteiger partial charge in [-0.1, -0.05) is 23.2 Å². The summed E-state index contributed by atoms with van der Waals surface area (Å²) in [6, 6.07) is 10.9. The molecule has 0 aromatic heterocycles. The maximum atomic E-state index is 12.1. The minimum atomic E-state index is -1.06. The highest BCUT2D eigenvalue weighted by Crippen LogP contribution is 2.23. The molecule has 22 heavy (non-hydrogen) atoms. The van der Waals surface area contributed by atoms with E-state index in [1.807, 2.05) is 0 Å². The van der Waals surface area contributed by atoms with Crippen LogP contribution in [-0.2, 0) is 4.79 Å². The summed E-state index contributed by atoms with van der Waals surface area (Å²) in [5, 5.41) is 11.9. The Kier molecular flexibility index (Phi) is 5.25. The van der Waals surface area contributed by atoms with Crippen LogP contribution in [0.5, 0.6) is 5.75 Å². The van der Waals surface area contributed by atoms with Gasteiger partial charge in [0.2, 0.25) is 0 Å². The summed E-state index contributed by atoms with van der Waals surface area (Å²) < 4.78 is 5.00. The van der Waals surface area contributed by atoms with Crippen molar-refractivity contribution in [3.63, 3.8) is 0 Å². The zero-order valence-electron chi connectivity index (χ0n) is 11.2. The van der Waals surface area contributed by atoms with Gasteiger partial charge in [-0.2, -0.15) is 0 Å². The number of carbonyl (C=O) groups is 2. The number of carbonyl (C=O) groups excluding carboxylic acids is 1. The first-order chi connectivity index (χ1) is 10.5. The second-order valence-electron chi connectivity index (χ2n) is 4.29. The Morgan fingerprint density at radius 3 is 2.32 bits per heavy atom. The van der Waals surface area contributed by atoms with Crippen LogP contribution in [0.4, 0.5) is 5.69 Å². The Bertz CT molecular complexity index is 701. The average Bonchev–Trinajstić information content (AvgIpc) is 2.49. The van der Waals surface area contributed by atoms with Crippen molar-refractivity contribution in [2.45, 2.75) is 0 Å². The van der Waals surface area contributed by atoms with Crippen molar-refractivity contribution in [2.75, 3.05) is 11.9 Å². The number of carboxylic acid groups (broad SMARTS) is 1. The van der Waals surface area contributed by atoms with Gasteiger partial charge >= 0.3 is 5.97 Å². The van der Waals surface area contributed by atoms with Crippen molar-refractivity contribution in [3.05, 3.63) is 58.1 Å². The smallest absolute Gasteiger partial charge is 0.341 e. The Morgan fingerprint density at radius 2 is 1.73 bits per heavy atom. The minimum absolute atomic E-state index is 0.298. The third-order valence-corrected chi connectivity index (χ3v) is 3.40. The van der Waals surface area contributed by atoms with Crippen LogP contribution in [0, 0.1) is 0 Å². The molecule has 5 nitrogen and oxygen atoms in total. The summed E-state index contributed by atoms with van der Waals surface area (Å²) in [7, 11) is 0. The highest BCUT2D eigenvalue weighted by molar-refractivity contribution is 6.42. The summed E-state index contributed by atoms with van der Waals surface area (Å²) in [5.41, 5.74) is 0.916. The predicted molar refractivity (Wildman–Crippen MR) is 84.0 cm³/mol. The number of nitrogens with one attached hydrogen (secondary N) is 1. The number of anilines is 1. The summed E-state index contributed by atoms with van der Waals surface area (Å²) in [5.74, 6) is -0.996. The van der Waals surface area contributed by atoms with E-state index in [1.165, 1.54) is 6.07 Å². The fraction of sp³-hybridized carbons (Fsp3) is 0.0667. The van der Waals surface area contributed by atoms with Crippen molar-refractivity contribution < 1.29 is 19.4 Å². The molecule has 0 atom stereocenters. The van der Waals surface area contributed by atoms with Crippen LogP contribution in [-0.4, -0.2) is 23.6 Å². The van der Waals surface area contributed by atoms with E-state index in [0.29, 0.717) is 27.0 Å². The van der Waals surface area contributed by atoms with Crippen molar-refractivity contribution in [1.29, 1.82) is 0 Å². The minimum Gasteiger partial charge on any atom is -0.482 e. The molecule has 0 aliphatic carbocycles. The molecule has 2 N–H and O–H groups in total. The van der Waals surface area contributed by atoms with E-state index in [0.717, 1.165) is 0 Å². The van der Waals surface area contributed by atoms with Crippen LogP contribution in [0.25, 0.3) is 0 Å². The molecule has 0 aliphatic rings. The van der Waals surface area contributed by atoms with E-state index < -0.39 is 12.6 Å². The molecule has 0 heterocycles. The second-order valence-corrected chi connectivity index (χ2v) is 5.10. The van der Waals surface area contributed by atoms with E-state index in [9.17, 15) is 9.59 Å². The van der Waals surface area contributed by atoms with Crippen molar-refractivity contribution in [2.24, 2.45) is 0 Å². The Hall–Kier alpha value is -2.24. The highest BCUT2D eigenvalue weighted by atomic mass is 35.5. The fourth-order valence-corrected chi connectivity index (χ4v) is 1.92. The van der Waals surface area contributed by atoms with E-state index in [4.69, 9.17) is 33.0 Å². The van der Waals surface area contributed by atoms with Crippen LogP contribution in [0.1, 0.15) is 10.4 Å². The molecule has 2 aromatic carbocycles. The summed E-state index contributed by atoms with van der Waals surface area (Å²) in [6.07, 6.45) is 0. The molecule has 7 heteroatoms. The van der Waals surface area contributed by atoms with Gasteiger partial charge in [0.05, 0.1) is 10.0 Å². The van der Waals surface area contributed by atoms with Crippen molar-refractivity contribution in [3.8, 4) is 5.75 Å². The largest absolute Gasteiger partial charge is 0.482 e. The third-order valence-electron chi connectivity index (χ3n) is 2.66. The lowest BCUT2D eigenvalue weighted by Gasteiger charge is -2.08. The van der Waals surface area contributed by atoms with E-state index in [-0.39, 0.29) is 5.91 Å². The monoisotopic (exact) mass is 339 g/mol. The van der Waals surface area contributed by atoms with Crippen molar-refractivity contribution >= 4 is 40.8 Å². The molecule has 2 rings (SSSR count). The van der Waals surface area contributed by atoms with Gasteiger partial charge in [0.25, 0.3) is 5.91 Å². The van der Waals surface area contributed by atoms with Crippen LogP contribution < -0.4 is 10.1 Å². The number of hydrogen-bond acceptors (Lipinski definition) is 3. The summed E-state index contributed by atoms with van der Waals surface area (Å²) in [4.78, 5) is 22.4. The molecule has 2 aromatic rings. The van der Waals surface area contributed by atoms with E-state index >= 15 is 0 Å². The van der Waals surface area contributed by atoms with Gasteiger partial charge < -0.3 is 15.2 Å². The number of aliphatic carboxylic acids is 1. The van der Waals surface area contributed by atoms with Crippen molar-refractivity contribution in [1.82, 2.24) is 0 Å². The zero-order chi connectivity index (χ0) is 16.1. The summed E-state index contributed by atoms with van der Waals surface area (Å²) in [6.45, 7) is -0.422. The molecule has 0 aliphatic heterocycles. The maximum Gasteiger partial charge on any atom is 0.341 e. The fourth-order valence-electron chi connectivity index (χ4n) is 1.62. The highest BCUT2D eigenvalue weighted by Gasteiger charge is 2.08. The van der Waals surface area contributed by atoms with Crippen LogP contribution in [0.2, 0.25) is 10.0 Å². The molecular formula is C15H11Cl2NO4. The Morgan fingerprint density at radius 1 is 1.05 bits per heavy atom. The lowest BCUT2D eigenvalue weighted by atomic mass is 10.2. The number of halogens is 2. The average molecular weight is 340 g/mol. The predicted octanol–water partition coefficient (Wildman–Crippen LogP) is 3.71. The maximum absolute atomic E-state index is 12.1. The van der Waals surface area contributed by atoms with Crippen LogP contribution in [0.3, 0.4) is 0 Å². The first kappa shape index (κ1) is 16.1. The summed E-state index contributed by atoms with van der Waals surface area (Å²) >= 11 is 11.7. The number of benzene rings is 2. The topological polar surface area (TPSA) is 75.6 Å². The third kappa shape index (κ3) is 4.38. The molecule has 0 spiro atoms. The molecule has 114 valence electrons. The van der Waals surface area contributed by atoms with E-state index in [1.54, 1.807) is 36.4 Å². The normalized spacial score (nSPS) is 10.1. The lowest BCUT2D eigenvalue weighted by molar-refractivity contribution is -0.139. The Labute approximate surface area is 136 Å². The standard InChI is InChI=1S/C15H11Cl2NO4/c16-12-6-1-9(7-13(12)17)15(21)18-10-2-4-11(5-3-10)22-8-14(19)20/h1-7H,8H2,(H,18,21)(H,19,20). The number of rotatable bonds is 5.